The highest BCUT2D eigenvalue weighted by Crippen LogP contribution is 2.50. The molecule has 0 unspecified atom stereocenters. The van der Waals surface area contributed by atoms with Crippen LogP contribution in [0.15, 0.2) is 212 Å². The van der Waals surface area contributed by atoms with Crippen molar-refractivity contribution in [1.29, 1.82) is 0 Å². The summed E-state index contributed by atoms with van der Waals surface area (Å²) in [7, 11) is 0. The van der Waals surface area contributed by atoms with Gasteiger partial charge < -0.3 is 9.13 Å². The van der Waals surface area contributed by atoms with E-state index in [2.05, 4.69) is 231 Å². The van der Waals surface area contributed by atoms with Crippen molar-refractivity contribution >= 4 is 70.7 Å². The topological polar surface area (TPSA) is 9.86 Å². The maximum Gasteiger partial charge on any atom is 0.0547 e. The molecular formula is C64H46N2. The van der Waals surface area contributed by atoms with Crippen LogP contribution in [0.25, 0.3) is 127 Å². The van der Waals surface area contributed by atoms with E-state index in [0.717, 1.165) is 12.1 Å². The Bertz CT molecular complexity index is 4060. The zero-order chi connectivity index (χ0) is 44.2. The number of aromatic nitrogens is 2. The van der Waals surface area contributed by atoms with Crippen LogP contribution in [-0.4, -0.2) is 9.13 Å². The Morgan fingerprint density at radius 3 is 1.89 bits per heavy atom. The van der Waals surface area contributed by atoms with Gasteiger partial charge in [0.15, 0.2) is 0 Å². The van der Waals surface area contributed by atoms with E-state index in [1.165, 1.54) is 138 Å². The Balaban J connectivity index is 0.897. The minimum Gasteiger partial charge on any atom is -0.309 e. The van der Waals surface area contributed by atoms with E-state index in [9.17, 15) is 0 Å². The van der Waals surface area contributed by atoms with Crippen LogP contribution < -0.4 is 0 Å². The first-order valence-electron chi connectivity index (χ1n) is 23.2. The van der Waals surface area contributed by atoms with Gasteiger partial charge in [-0.3, -0.25) is 0 Å². The quantitative estimate of drug-likeness (QED) is 0.142. The van der Waals surface area contributed by atoms with Gasteiger partial charge in [0.25, 0.3) is 0 Å². The standard InChI is InChI=1S/C64H46N2/c1-5-39(3)47(6-2)55-36-44(23-22-40(55)4)45-28-33-61-57(38-45)50-16-9-11-20-58(50)66(61)60-35-32-52-49-31-26-43(37-56(49)51-18-13-19-53(60)63(51)52)41-24-29-46(30-25-41)65-59-21-12-10-17-54(59)64-48-15-8-7-14-42(48)27-34-62(64)65/h6-38H,2,5H2,1,3-4H3/b47-39+. The second-order valence-corrected chi connectivity index (χ2v) is 18.1. The molecule has 0 aliphatic heterocycles. The lowest BCUT2D eigenvalue weighted by atomic mass is 9.91. The first kappa shape index (κ1) is 38.3. The second-order valence-electron chi connectivity index (χ2n) is 18.1. The fourth-order valence-corrected chi connectivity index (χ4v) is 11.2. The van der Waals surface area contributed by atoms with Crippen molar-refractivity contribution in [3.8, 4) is 55.9 Å². The number of benzene rings is 10. The summed E-state index contributed by atoms with van der Waals surface area (Å²) in [4.78, 5) is 0. The van der Waals surface area contributed by atoms with Gasteiger partial charge in [-0.25, -0.2) is 0 Å². The van der Waals surface area contributed by atoms with Gasteiger partial charge in [-0.1, -0.05) is 159 Å². The molecule has 10 aromatic carbocycles. The van der Waals surface area contributed by atoms with Crippen LogP contribution in [0, 0.1) is 6.92 Å². The Morgan fingerprint density at radius 2 is 1.08 bits per heavy atom. The van der Waals surface area contributed by atoms with E-state index in [4.69, 9.17) is 0 Å². The molecule has 312 valence electrons. The fraction of sp³-hybridized carbons (Fsp3) is 0.0625. The highest BCUT2D eigenvalue weighted by Gasteiger charge is 2.25. The molecule has 0 saturated heterocycles. The molecule has 0 atom stereocenters. The van der Waals surface area contributed by atoms with Crippen molar-refractivity contribution in [3.05, 3.63) is 223 Å². The molecule has 0 N–H and O–H groups in total. The number of para-hydroxylation sites is 2. The predicted octanol–water partition coefficient (Wildman–Crippen LogP) is 17.8. The minimum atomic E-state index is 0.999. The molecule has 2 nitrogen and oxygen atoms in total. The molecule has 66 heavy (non-hydrogen) atoms. The third-order valence-corrected chi connectivity index (χ3v) is 14.6. The van der Waals surface area contributed by atoms with E-state index in [1.54, 1.807) is 0 Å². The van der Waals surface area contributed by atoms with E-state index in [-0.39, 0.29) is 0 Å². The molecule has 0 spiro atoms. The monoisotopic (exact) mass is 842 g/mol. The van der Waals surface area contributed by atoms with Crippen molar-refractivity contribution in [3.63, 3.8) is 0 Å². The number of allylic oxidation sites excluding steroid dienone is 3. The lowest BCUT2D eigenvalue weighted by Gasteiger charge is -2.14. The SMILES string of the molecule is C=C/C(=C(/C)CC)c1cc(-c2ccc3c(c2)c2ccccc2n3-c2ccc3c4c(cccc24)-c2cc(-c4ccc(-n5c6ccccc6c6c7ccccc7ccc65)cc4)ccc2-3)ccc1C. The molecule has 13 rings (SSSR count). The van der Waals surface area contributed by atoms with Crippen LogP contribution in [0.4, 0.5) is 0 Å². The van der Waals surface area contributed by atoms with Gasteiger partial charge in [-0.05, 0) is 158 Å². The first-order valence-corrected chi connectivity index (χ1v) is 23.2. The lowest BCUT2D eigenvalue weighted by Crippen LogP contribution is -1.96. The summed E-state index contributed by atoms with van der Waals surface area (Å²) in [6.45, 7) is 10.8. The van der Waals surface area contributed by atoms with Crippen molar-refractivity contribution in [1.82, 2.24) is 9.13 Å². The zero-order valence-electron chi connectivity index (χ0n) is 37.4. The molecular weight excluding hydrogens is 797 g/mol. The Kier molecular flexibility index (Phi) is 8.51. The number of nitrogens with zero attached hydrogens (tertiary/aromatic N) is 2. The predicted molar refractivity (Wildman–Crippen MR) is 283 cm³/mol. The summed E-state index contributed by atoms with van der Waals surface area (Å²) in [5, 5.41) is 10.2. The molecule has 1 aliphatic rings. The minimum absolute atomic E-state index is 0.999. The summed E-state index contributed by atoms with van der Waals surface area (Å²) in [6, 6.07) is 72.5. The summed E-state index contributed by atoms with van der Waals surface area (Å²) in [6.07, 6.45) is 3.02. The molecule has 0 radical (unpaired) electrons. The van der Waals surface area contributed by atoms with Crippen LogP contribution in [0.2, 0.25) is 0 Å². The molecule has 2 heteroatoms. The molecule has 12 aromatic rings. The van der Waals surface area contributed by atoms with Crippen LogP contribution >= 0.6 is 0 Å². The second kappa shape index (κ2) is 14.7. The largest absolute Gasteiger partial charge is 0.309 e. The number of hydrogen-bond acceptors (Lipinski definition) is 0. The van der Waals surface area contributed by atoms with Gasteiger partial charge in [0.05, 0.1) is 27.8 Å². The molecule has 0 bridgehead atoms. The maximum absolute atomic E-state index is 4.19. The average molecular weight is 843 g/mol. The smallest absolute Gasteiger partial charge is 0.0547 e. The highest BCUT2D eigenvalue weighted by molar-refractivity contribution is 6.22. The van der Waals surface area contributed by atoms with Crippen molar-refractivity contribution < 1.29 is 0 Å². The van der Waals surface area contributed by atoms with E-state index in [1.807, 2.05) is 6.08 Å². The van der Waals surface area contributed by atoms with Crippen LogP contribution in [0.1, 0.15) is 31.4 Å². The molecule has 0 amide bonds. The Morgan fingerprint density at radius 1 is 0.455 bits per heavy atom. The van der Waals surface area contributed by atoms with Crippen LogP contribution in [0.3, 0.4) is 0 Å². The average Bonchev–Trinajstić information content (AvgIpc) is 4.01. The zero-order valence-corrected chi connectivity index (χ0v) is 37.4. The summed E-state index contributed by atoms with van der Waals surface area (Å²) in [5.74, 6) is 0. The lowest BCUT2D eigenvalue weighted by molar-refractivity contribution is 1.10. The van der Waals surface area contributed by atoms with E-state index < -0.39 is 0 Å². The third kappa shape index (κ3) is 5.55. The first-order chi connectivity index (χ1) is 32.5. The third-order valence-electron chi connectivity index (χ3n) is 14.6. The van der Waals surface area contributed by atoms with Crippen LogP contribution in [-0.2, 0) is 0 Å². The van der Waals surface area contributed by atoms with Gasteiger partial charge in [0.2, 0.25) is 0 Å². The van der Waals surface area contributed by atoms with Gasteiger partial charge in [-0.2, -0.15) is 0 Å². The molecule has 2 aromatic heterocycles. The maximum atomic E-state index is 4.19. The van der Waals surface area contributed by atoms with Crippen molar-refractivity contribution in [2.24, 2.45) is 0 Å². The van der Waals surface area contributed by atoms with Crippen molar-refractivity contribution in [2.75, 3.05) is 0 Å². The van der Waals surface area contributed by atoms with Crippen molar-refractivity contribution in [2.45, 2.75) is 27.2 Å². The Hall–Kier alpha value is -8.20. The van der Waals surface area contributed by atoms with Gasteiger partial charge >= 0.3 is 0 Å². The van der Waals surface area contributed by atoms with E-state index in [0.29, 0.717) is 0 Å². The van der Waals surface area contributed by atoms with E-state index >= 15 is 0 Å². The molecule has 2 heterocycles. The number of aryl methyl sites for hydroxylation is 1. The molecule has 0 fully saturated rings. The Labute approximate surface area is 384 Å². The molecule has 1 aliphatic carbocycles. The van der Waals surface area contributed by atoms with Gasteiger partial charge in [0.1, 0.15) is 0 Å². The number of fused-ring (bicyclic) bond motifs is 11. The van der Waals surface area contributed by atoms with Gasteiger partial charge in [-0.15, -0.1) is 0 Å². The summed E-state index contributed by atoms with van der Waals surface area (Å²) >= 11 is 0. The number of rotatable bonds is 7. The normalized spacial score (nSPS) is 12.5. The fourth-order valence-electron chi connectivity index (χ4n) is 11.2. The molecule has 0 saturated carbocycles. The van der Waals surface area contributed by atoms with Gasteiger partial charge in [0, 0.05) is 32.6 Å². The number of hydrogen-bond donors (Lipinski definition) is 0. The highest BCUT2D eigenvalue weighted by atomic mass is 15.0. The van der Waals surface area contributed by atoms with Crippen LogP contribution in [0.5, 0.6) is 0 Å². The summed E-state index contributed by atoms with van der Waals surface area (Å²) < 4.78 is 4.90. The summed E-state index contributed by atoms with van der Waals surface area (Å²) in [5.41, 5.74) is 22.4.